The van der Waals surface area contributed by atoms with E-state index in [1.807, 2.05) is 44.4 Å². The number of ether oxygens (including phenoxy) is 1. The smallest absolute Gasteiger partial charge is 0.258 e. The SMILES string of the molecule is Cc1ccc(NC(=O)CC(C)C)c(OCc2cc(=O)n3ccsc3n2)c1. The van der Waals surface area contributed by atoms with Crippen LogP contribution in [0, 0.1) is 12.8 Å². The molecule has 0 radical (unpaired) electrons. The van der Waals surface area contributed by atoms with Gasteiger partial charge in [-0.1, -0.05) is 19.9 Å². The van der Waals surface area contributed by atoms with Crippen molar-refractivity contribution in [3.05, 3.63) is 57.5 Å². The molecule has 2 heterocycles. The van der Waals surface area contributed by atoms with Crippen molar-refractivity contribution in [3.63, 3.8) is 0 Å². The largest absolute Gasteiger partial charge is 0.485 e. The molecule has 0 aliphatic carbocycles. The lowest BCUT2D eigenvalue weighted by Crippen LogP contribution is -2.16. The monoisotopic (exact) mass is 371 g/mol. The van der Waals surface area contributed by atoms with Crippen molar-refractivity contribution in [2.45, 2.75) is 33.8 Å². The lowest BCUT2D eigenvalue weighted by molar-refractivity contribution is -0.116. The molecule has 7 heteroatoms. The summed E-state index contributed by atoms with van der Waals surface area (Å²) >= 11 is 1.40. The average molecular weight is 371 g/mol. The summed E-state index contributed by atoms with van der Waals surface area (Å²) in [7, 11) is 0. The molecule has 0 fully saturated rings. The lowest BCUT2D eigenvalue weighted by atomic mass is 10.1. The van der Waals surface area contributed by atoms with Gasteiger partial charge in [0.25, 0.3) is 5.56 Å². The van der Waals surface area contributed by atoms with Crippen molar-refractivity contribution >= 4 is 27.9 Å². The number of carbonyl (C=O) groups is 1. The summed E-state index contributed by atoms with van der Waals surface area (Å²) < 4.78 is 7.37. The van der Waals surface area contributed by atoms with E-state index in [9.17, 15) is 9.59 Å². The highest BCUT2D eigenvalue weighted by molar-refractivity contribution is 7.15. The molecule has 0 saturated heterocycles. The van der Waals surface area contributed by atoms with Crippen LogP contribution in [-0.2, 0) is 11.4 Å². The second-order valence-electron chi connectivity index (χ2n) is 6.58. The summed E-state index contributed by atoms with van der Waals surface area (Å²) in [5, 5.41) is 4.71. The van der Waals surface area contributed by atoms with Gasteiger partial charge in [-0.3, -0.25) is 14.0 Å². The number of rotatable bonds is 6. The van der Waals surface area contributed by atoms with Gasteiger partial charge in [-0.15, -0.1) is 11.3 Å². The van der Waals surface area contributed by atoms with Gasteiger partial charge in [0.05, 0.1) is 11.4 Å². The van der Waals surface area contributed by atoms with Crippen LogP contribution in [0.4, 0.5) is 5.69 Å². The summed E-state index contributed by atoms with van der Waals surface area (Å²) in [4.78, 5) is 29.2. The Morgan fingerprint density at radius 1 is 1.35 bits per heavy atom. The number of benzene rings is 1. The highest BCUT2D eigenvalue weighted by atomic mass is 32.1. The van der Waals surface area contributed by atoms with E-state index >= 15 is 0 Å². The Morgan fingerprint density at radius 3 is 2.92 bits per heavy atom. The summed E-state index contributed by atoms with van der Waals surface area (Å²) in [5.74, 6) is 0.792. The quantitative estimate of drug-likeness (QED) is 0.718. The van der Waals surface area contributed by atoms with Gasteiger partial charge in [-0.2, -0.15) is 0 Å². The molecule has 1 amide bonds. The Labute approximate surface area is 155 Å². The molecule has 3 aromatic rings. The topological polar surface area (TPSA) is 72.7 Å². The number of hydrogen-bond acceptors (Lipinski definition) is 5. The first-order valence-electron chi connectivity index (χ1n) is 8.41. The Hall–Kier alpha value is -2.67. The van der Waals surface area contributed by atoms with Gasteiger partial charge in [0.1, 0.15) is 12.4 Å². The number of amides is 1. The van der Waals surface area contributed by atoms with E-state index in [0.717, 1.165) is 5.56 Å². The van der Waals surface area contributed by atoms with Crippen molar-refractivity contribution < 1.29 is 9.53 Å². The maximum Gasteiger partial charge on any atom is 0.258 e. The summed E-state index contributed by atoms with van der Waals surface area (Å²) in [5.41, 5.74) is 2.06. The molecule has 0 saturated carbocycles. The van der Waals surface area contributed by atoms with Gasteiger partial charge >= 0.3 is 0 Å². The van der Waals surface area contributed by atoms with Gasteiger partial charge in [-0.05, 0) is 30.5 Å². The maximum absolute atomic E-state index is 12.1. The van der Waals surface area contributed by atoms with E-state index in [2.05, 4.69) is 10.3 Å². The summed E-state index contributed by atoms with van der Waals surface area (Å²) in [6.07, 6.45) is 2.14. The predicted molar refractivity (Wildman–Crippen MR) is 103 cm³/mol. The second kappa shape index (κ2) is 7.70. The van der Waals surface area contributed by atoms with Crippen molar-refractivity contribution in [1.29, 1.82) is 0 Å². The van der Waals surface area contributed by atoms with Crippen LogP contribution in [0.2, 0.25) is 0 Å². The summed E-state index contributed by atoms with van der Waals surface area (Å²) in [6.45, 7) is 6.10. The molecule has 136 valence electrons. The fraction of sp³-hybridized carbons (Fsp3) is 0.316. The molecule has 26 heavy (non-hydrogen) atoms. The van der Waals surface area contributed by atoms with E-state index in [4.69, 9.17) is 4.74 Å². The van der Waals surface area contributed by atoms with Crippen LogP contribution >= 0.6 is 11.3 Å². The summed E-state index contributed by atoms with van der Waals surface area (Å²) in [6, 6.07) is 7.07. The van der Waals surface area contributed by atoms with Gasteiger partial charge in [0, 0.05) is 24.1 Å². The molecule has 1 N–H and O–H groups in total. The van der Waals surface area contributed by atoms with Crippen LogP contribution < -0.4 is 15.6 Å². The van der Waals surface area contributed by atoms with Crippen LogP contribution in [-0.4, -0.2) is 15.3 Å². The minimum atomic E-state index is -0.135. The van der Waals surface area contributed by atoms with Gasteiger partial charge in [0.2, 0.25) is 5.91 Å². The van der Waals surface area contributed by atoms with E-state index in [-0.39, 0.29) is 24.0 Å². The van der Waals surface area contributed by atoms with Crippen LogP contribution in [0.1, 0.15) is 31.5 Å². The second-order valence-corrected chi connectivity index (χ2v) is 7.45. The molecule has 0 atom stereocenters. The van der Waals surface area contributed by atoms with E-state index in [0.29, 0.717) is 28.5 Å². The molecule has 0 spiro atoms. The highest BCUT2D eigenvalue weighted by Crippen LogP contribution is 2.27. The lowest BCUT2D eigenvalue weighted by Gasteiger charge is -2.14. The van der Waals surface area contributed by atoms with Crippen molar-refractivity contribution in [3.8, 4) is 5.75 Å². The fourth-order valence-electron chi connectivity index (χ4n) is 2.54. The standard InChI is InChI=1S/C19H21N3O3S/c1-12(2)8-17(23)21-15-5-4-13(3)9-16(15)25-11-14-10-18(24)22-6-7-26-19(22)20-14/h4-7,9-10,12H,8,11H2,1-3H3,(H,21,23). The minimum Gasteiger partial charge on any atom is -0.485 e. The highest BCUT2D eigenvalue weighted by Gasteiger charge is 2.11. The normalized spacial score (nSPS) is 11.1. The fourth-order valence-corrected chi connectivity index (χ4v) is 3.28. The van der Waals surface area contributed by atoms with Crippen LogP contribution in [0.15, 0.2) is 40.6 Å². The zero-order valence-electron chi connectivity index (χ0n) is 15.0. The number of aromatic nitrogens is 2. The minimum absolute atomic E-state index is 0.0509. The van der Waals surface area contributed by atoms with Gasteiger partial charge in [-0.25, -0.2) is 4.98 Å². The number of nitrogens with zero attached hydrogens (tertiary/aromatic N) is 2. The zero-order valence-corrected chi connectivity index (χ0v) is 15.8. The van der Waals surface area contributed by atoms with Gasteiger partial charge < -0.3 is 10.1 Å². The molecule has 0 aliphatic heterocycles. The van der Waals surface area contributed by atoms with Crippen LogP contribution in [0.3, 0.4) is 0 Å². The number of fused-ring (bicyclic) bond motifs is 1. The predicted octanol–water partition coefficient (Wildman–Crippen LogP) is 3.63. The van der Waals surface area contributed by atoms with Crippen LogP contribution in [0.25, 0.3) is 4.96 Å². The molecule has 3 rings (SSSR count). The number of thiazole rings is 1. The first kappa shape index (κ1) is 18.1. The molecule has 0 aliphatic rings. The number of carbonyl (C=O) groups excluding carboxylic acids is 1. The first-order valence-corrected chi connectivity index (χ1v) is 9.29. The molecule has 0 unspecified atom stereocenters. The average Bonchev–Trinajstić information content (AvgIpc) is 3.03. The number of nitrogens with one attached hydrogen (secondary N) is 1. The third kappa shape index (κ3) is 4.29. The number of aryl methyl sites for hydroxylation is 1. The molecule has 0 bridgehead atoms. The Kier molecular flexibility index (Phi) is 5.37. The maximum atomic E-state index is 12.1. The third-order valence-corrected chi connectivity index (χ3v) is 4.49. The van der Waals surface area contributed by atoms with Crippen molar-refractivity contribution in [2.75, 3.05) is 5.32 Å². The number of anilines is 1. The van der Waals surface area contributed by atoms with Crippen LogP contribution in [0.5, 0.6) is 5.75 Å². The van der Waals surface area contributed by atoms with E-state index in [1.54, 1.807) is 6.20 Å². The Morgan fingerprint density at radius 2 is 2.15 bits per heavy atom. The zero-order chi connectivity index (χ0) is 18.7. The molecular formula is C19H21N3O3S. The van der Waals surface area contributed by atoms with Crippen molar-refractivity contribution in [1.82, 2.24) is 9.38 Å². The van der Waals surface area contributed by atoms with E-state index in [1.165, 1.54) is 21.8 Å². The molecule has 6 nitrogen and oxygen atoms in total. The van der Waals surface area contributed by atoms with E-state index < -0.39 is 0 Å². The van der Waals surface area contributed by atoms with Gasteiger partial charge in [0.15, 0.2) is 4.96 Å². The number of hydrogen-bond donors (Lipinski definition) is 1. The van der Waals surface area contributed by atoms with Crippen molar-refractivity contribution in [2.24, 2.45) is 5.92 Å². The third-order valence-electron chi connectivity index (χ3n) is 3.74. The Bertz CT molecular complexity index is 991. The molecule has 2 aromatic heterocycles. The first-order chi connectivity index (χ1) is 12.4. The molecule has 1 aromatic carbocycles. The molecular weight excluding hydrogens is 350 g/mol. The Balaban J connectivity index is 1.78.